The van der Waals surface area contributed by atoms with E-state index in [4.69, 9.17) is 37.0 Å². The van der Waals surface area contributed by atoms with Crippen LogP contribution in [-0.4, -0.2) is 96.7 Å². The van der Waals surface area contributed by atoms with Crippen molar-refractivity contribution in [2.75, 3.05) is 39.6 Å². The van der Waals surface area contributed by atoms with Gasteiger partial charge in [0.2, 0.25) is 0 Å². The number of aliphatic hydroxyl groups is 1. The van der Waals surface area contributed by atoms with Gasteiger partial charge in [-0.25, -0.2) is 9.13 Å². The zero-order chi connectivity index (χ0) is 67.5. The molecule has 17 nitrogen and oxygen atoms in total. The summed E-state index contributed by atoms with van der Waals surface area (Å²) >= 11 is 0. The molecule has 19 heteroatoms. The first-order chi connectivity index (χ1) is 44.7. The summed E-state index contributed by atoms with van der Waals surface area (Å²) in [6.07, 6.45) is 58.8. The smallest absolute Gasteiger partial charge is 0.462 e. The van der Waals surface area contributed by atoms with Crippen molar-refractivity contribution >= 4 is 39.5 Å². The fraction of sp³-hybridized carbons (Fsp3) is 0.890. The maximum Gasteiger partial charge on any atom is 0.472 e. The third-order valence-corrected chi connectivity index (χ3v) is 18.3. The number of carbonyl (C=O) groups is 4. The molecule has 92 heavy (non-hydrogen) atoms. The van der Waals surface area contributed by atoms with Crippen LogP contribution in [0.5, 0.6) is 0 Å². The van der Waals surface area contributed by atoms with Crippen LogP contribution in [0.4, 0.5) is 0 Å². The predicted molar refractivity (Wildman–Crippen MR) is 372 cm³/mol. The molecule has 0 saturated carbocycles. The number of unbranched alkanes of at least 4 members (excludes halogenated alkanes) is 42. The molecule has 0 aromatic carbocycles. The van der Waals surface area contributed by atoms with E-state index in [2.05, 4.69) is 52.0 Å². The lowest BCUT2D eigenvalue weighted by atomic mass is 10.0. The Labute approximate surface area is 561 Å². The summed E-state index contributed by atoms with van der Waals surface area (Å²) in [5, 5.41) is 10.6. The summed E-state index contributed by atoms with van der Waals surface area (Å²) in [4.78, 5) is 72.7. The SMILES string of the molecule is CCCCCC/C=C\CCCCCCCC(=O)O[C@H](COC(=O)CCCCCCCCCCCCCCC)COP(=O)(O)OCC(O)COP(=O)(O)OC[C@@H](COC(=O)CCCCCCCCCCCCCCC)OC(=O)CCCCCCC/C=C\CCCCCC. The van der Waals surface area contributed by atoms with E-state index in [-0.39, 0.29) is 25.7 Å². The Kier molecular flexibility index (Phi) is 65.3. The van der Waals surface area contributed by atoms with Crippen LogP contribution in [0, 0.1) is 0 Å². The number of hydrogen-bond donors (Lipinski definition) is 3. The summed E-state index contributed by atoms with van der Waals surface area (Å²) in [5.74, 6) is -2.15. The molecule has 0 spiro atoms. The van der Waals surface area contributed by atoms with Gasteiger partial charge in [-0.15, -0.1) is 0 Å². The number of ether oxygens (including phenoxy) is 4. The monoisotopic (exact) mass is 1350 g/mol. The summed E-state index contributed by atoms with van der Waals surface area (Å²) in [7, 11) is -9.92. The summed E-state index contributed by atoms with van der Waals surface area (Å²) in [6, 6.07) is 0. The van der Waals surface area contributed by atoms with E-state index in [9.17, 15) is 43.2 Å². The fourth-order valence-electron chi connectivity index (χ4n) is 10.6. The summed E-state index contributed by atoms with van der Waals surface area (Å²) in [6.45, 7) is 4.89. The topological polar surface area (TPSA) is 237 Å². The van der Waals surface area contributed by atoms with Gasteiger partial charge in [-0.1, -0.05) is 283 Å². The van der Waals surface area contributed by atoms with E-state index >= 15 is 0 Å². The molecule has 0 aliphatic heterocycles. The van der Waals surface area contributed by atoms with Crippen molar-refractivity contribution in [2.45, 2.75) is 380 Å². The van der Waals surface area contributed by atoms with E-state index in [0.29, 0.717) is 25.7 Å². The molecule has 3 N–H and O–H groups in total. The number of phosphoric ester groups is 2. The number of hydrogen-bond acceptors (Lipinski definition) is 15. The molecule has 4 atom stereocenters. The zero-order valence-corrected chi connectivity index (χ0v) is 60.8. The second kappa shape index (κ2) is 67.1. The van der Waals surface area contributed by atoms with Crippen molar-refractivity contribution in [1.82, 2.24) is 0 Å². The van der Waals surface area contributed by atoms with Gasteiger partial charge in [-0.2, -0.15) is 0 Å². The van der Waals surface area contributed by atoms with Crippen LogP contribution in [0.25, 0.3) is 0 Å². The number of phosphoric acid groups is 2. The van der Waals surface area contributed by atoms with E-state index in [1.54, 1.807) is 0 Å². The Balaban J connectivity index is 5.29. The predicted octanol–water partition coefficient (Wildman–Crippen LogP) is 21.0. The molecule has 0 heterocycles. The number of carbonyl (C=O) groups excluding carboxylic acids is 4. The number of rotatable bonds is 72. The molecule has 542 valence electrons. The normalized spacial score (nSPS) is 14.1. The first-order valence-corrected chi connectivity index (χ1v) is 40.6. The first kappa shape index (κ1) is 89.5. The molecule has 0 rings (SSSR count). The highest BCUT2D eigenvalue weighted by Gasteiger charge is 2.30. The van der Waals surface area contributed by atoms with E-state index in [1.807, 2.05) is 0 Å². The quantitative estimate of drug-likeness (QED) is 0.0169. The number of allylic oxidation sites excluding steroid dienone is 4. The minimum absolute atomic E-state index is 0.0931. The van der Waals surface area contributed by atoms with Crippen LogP contribution < -0.4 is 0 Å². The van der Waals surface area contributed by atoms with Gasteiger partial charge in [0.25, 0.3) is 0 Å². The maximum absolute atomic E-state index is 13.0. The van der Waals surface area contributed by atoms with Gasteiger partial charge >= 0.3 is 39.5 Å². The molecular weight excluding hydrogens is 1210 g/mol. The minimum Gasteiger partial charge on any atom is -0.462 e. The summed E-state index contributed by atoms with van der Waals surface area (Å²) < 4.78 is 68.4. The highest BCUT2D eigenvalue weighted by molar-refractivity contribution is 7.47. The van der Waals surface area contributed by atoms with Gasteiger partial charge in [-0.3, -0.25) is 37.3 Å². The van der Waals surface area contributed by atoms with Gasteiger partial charge in [0, 0.05) is 25.7 Å². The molecule has 0 aliphatic carbocycles. The van der Waals surface area contributed by atoms with Crippen LogP contribution in [0.2, 0.25) is 0 Å². The third kappa shape index (κ3) is 66.2. The zero-order valence-electron chi connectivity index (χ0n) is 59.0. The molecule has 2 unspecified atom stereocenters. The van der Waals surface area contributed by atoms with Crippen molar-refractivity contribution in [3.63, 3.8) is 0 Å². The van der Waals surface area contributed by atoms with Gasteiger partial charge in [0.15, 0.2) is 12.2 Å². The van der Waals surface area contributed by atoms with Crippen LogP contribution in [0.15, 0.2) is 24.3 Å². The van der Waals surface area contributed by atoms with Crippen molar-refractivity contribution < 1.29 is 80.2 Å². The van der Waals surface area contributed by atoms with Crippen molar-refractivity contribution in [2.24, 2.45) is 0 Å². The van der Waals surface area contributed by atoms with Crippen LogP contribution in [-0.2, 0) is 65.4 Å². The lowest BCUT2D eigenvalue weighted by molar-refractivity contribution is -0.161. The number of esters is 4. The molecule has 0 bridgehead atoms. The average molecular weight is 1350 g/mol. The lowest BCUT2D eigenvalue weighted by Crippen LogP contribution is -2.30. The van der Waals surface area contributed by atoms with E-state index < -0.39 is 97.5 Å². The Bertz CT molecular complexity index is 1720. The Morgan fingerprint density at radius 3 is 0.761 bits per heavy atom. The second-order valence-electron chi connectivity index (χ2n) is 25.6. The average Bonchev–Trinajstić information content (AvgIpc) is 3.45. The van der Waals surface area contributed by atoms with Crippen LogP contribution in [0.1, 0.15) is 362 Å². The second-order valence-corrected chi connectivity index (χ2v) is 28.5. The maximum atomic E-state index is 13.0. The minimum atomic E-state index is -4.96. The molecule has 0 radical (unpaired) electrons. The fourth-order valence-corrected chi connectivity index (χ4v) is 12.2. The standard InChI is InChI=1S/C73H138O17P2/c1-5-9-13-17-21-25-29-33-37-41-45-49-53-57-70(75)83-63-68(89-72(77)59-55-51-47-43-39-35-31-27-23-19-15-11-7-3)65-87-91(79,80)85-61-67(74)62-86-92(81,82)88-66-69(90-73(78)60-56-52-48-44-40-36-32-28-24-20-16-12-8-4)64-84-71(76)58-54-50-46-42-38-34-30-26-22-18-14-10-6-2/h27-28,31-32,67-69,74H,5-26,29-30,33-66H2,1-4H3,(H,79,80)(H,81,82)/b31-27-,32-28-/t68-,69-/m1/s1. The lowest BCUT2D eigenvalue weighted by Gasteiger charge is -2.21. The molecule has 0 amide bonds. The summed E-state index contributed by atoms with van der Waals surface area (Å²) in [5.41, 5.74) is 0. The highest BCUT2D eigenvalue weighted by Crippen LogP contribution is 2.45. The first-order valence-electron chi connectivity index (χ1n) is 37.6. The van der Waals surface area contributed by atoms with Gasteiger partial charge < -0.3 is 33.8 Å². The van der Waals surface area contributed by atoms with E-state index in [1.165, 1.54) is 167 Å². The largest absolute Gasteiger partial charge is 0.472 e. The van der Waals surface area contributed by atoms with E-state index in [0.717, 1.165) is 116 Å². The van der Waals surface area contributed by atoms with Crippen LogP contribution in [0.3, 0.4) is 0 Å². The van der Waals surface area contributed by atoms with Crippen molar-refractivity contribution in [1.29, 1.82) is 0 Å². The third-order valence-electron chi connectivity index (χ3n) is 16.4. The van der Waals surface area contributed by atoms with Gasteiger partial charge in [0.1, 0.15) is 19.3 Å². The molecule has 0 saturated heterocycles. The molecule has 0 aromatic heterocycles. The van der Waals surface area contributed by atoms with Gasteiger partial charge in [-0.05, 0) is 77.0 Å². The van der Waals surface area contributed by atoms with Crippen molar-refractivity contribution in [3.8, 4) is 0 Å². The Morgan fingerprint density at radius 2 is 0.500 bits per heavy atom. The Hall–Kier alpha value is -2.46. The molecule has 0 aliphatic rings. The number of aliphatic hydroxyl groups excluding tert-OH is 1. The molecule has 0 fully saturated rings. The van der Waals surface area contributed by atoms with Crippen LogP contribution >= 0.6 is 15.6 Å². The molecular formula is C73H138O17P2. The highest BCUT2D eigenvalue weighted by atomic mass is 31.2. The van der Waals surface area contributed by atoms with Crippen molar-refractivity contribution in [3.05, 3.63) is 24.3 Å². The van der Waals surface area contributed by atoms with Gasteiger partial charge in [0.05, 0.1) is 26.4 Å². The Morgan fingerprint density at radius 1 is 0.293 bits per heavy atom. The molecule has 0 aromatic rings.